The Bertz CT molecular complexity index is 215. The molecule has 12 heavy (non-hydrogen) atoms. The number of halogens is 3. The molecule has 0 aliphatic heterocycles. The van der Waals surface area contributed by atoms with E-state index in [0.717, 1.165) is 18.4 Å². The van der Waals surface area contributed by atoms with E-state index in [4.69, 9.17) is 33.2 Å². The smallest absolute Gasteiger partial charge is 0.121 e. The van der Waals surface area contributed by atoms with Crippen molar-refractivity contribution in [3.63, 3.8) is 0 Å². The first-order valence-electron chi connectivity index (χ1n) is 3.95. The van der Waals surface area contributed by atoms with Gasteiger partial charge in [-0.15, -0.1) is 33.2 Å². The van der Waals surface area contributed by atoms with Gasteiger partial charge in [-0.1, -0.05) is 12.2 Å². The lowest BCUT2D eigenvalue weighted by atomic mass is 9.92. The first-order valence-corrected chi connectivity index (χ1v) is 9.07. The molecule has 0 N–H and O–H groups in total. The molecule has 0 radical (unpaired) electrons. The summed E-state index contributed by atoms with van der Waals surface area (Å²) in [5, 5.41) is 0. The average Bonchev–Trinajstić information content (AvgIpc) is 1.91. The molecule has 0 heterocycles. The van der Waals surface area contributed by atoms with Crippen LogP contribution in [0.3, 0.4) is 0 Å². The number of hydrogen-bond acceptors (Lipinski definition) is 0. The van der Waals surface area contributed by atoms with Crippen LogP contribution in [0.4, 0.5) is 0 Å². The van der Waals surface area contributed by atoms with Crippen LogP contribution in [0.25, 0.3) is 0 Å². The fourth-order valence-corrected chi connectivity index (χ4v) is 3.29. The van der Waals surface area contributed by atoms with Gasteiger partial charge in [0.05, 0.1) is 0 Å². The summed E-state index contributed by atoms with van der Waals surface area (Å²) in [6, 6.07) is -2.59. The van der Waals surface area contributed by atoms with Crippen molar-refractivity contribution in [2.75, 3.05) is 0 Å². The van der Waals surface area contributed by atoms with Crippen molar-refractivity contribution in [2.24, 2.45) is 0 Å². The lowest BCUT2D eigenvalue weighted by Gasteiger charge is -2.17. The van der Waals surface area contributed by atoms with E-state index >= 15 is 0 Å². The van der Waals surface area contributed by atoms with E-state index in [1.807, 2.05) is 5.70 Å². The van der Waals surface area contributed by atoms with Gasteiger partial charge < -0.3 is 0 Å². The highest BCUT2D eigenvalue weighted by Gasteiger charge is 2.23. The van der Waals surface area contributed by atoms with Crippen molar-refractivity contribution >= 4 is 39.2 Å². The van der Waals surface area contributed by atoms with Gasteiger partial charge in [0.15, 0.2) is 0 Å². The zero-order valence-corrected chi connectivity index (χ0v) is 10.0. The van der Waals surface area contributed by atoms with E-state index in [1.165, 1.54) is 18.4 Å². The van der Waals surface area contributed by atoms with Gasteiger partial charge in [-0.05, 0) is 37.0 Å². The van der Waals surface area contributed by atoms with E-state index in [2.05, 4.69) is 6.58 Å². The molecule has 1 fully saturated rings. The Morgan fingerprint density at radius 3 is 2.25 bits per heavy atom. The van der Waals surface area contributed by atoms with Gasteiger partial charge in [0.2, 0.25) is 0 Å². The van der Waals surface area contributed by atoms with Crippen molar-refractivity contribution in [3.05, 3.63) is 23.4 Å². The molecule has 1 aliphatic rings. The van der Waals surface area contributed by atoms with Gasteiger partial charge in [-0.3, -0.25) is 0 Å². The van der Waals surface area contributed by atoms with Crippen LogP contribution in [0.5, 0.6) is 0 Å². The molecule has 0 saturated heterocycles. The molecule has 0 spiro atoms. The van der Waals surface area contributed by atoms with Crippen LogP contribution in [0.2, 0.25) is 0 Å². The van der Waals surface area contributed by atoms with Crippen LogP contribution in [0, 0.1) is 0 Å². The molecule has 0 bridgehead atoms. The second-order valence-corrected chi connectivity index (χ2v) is 11.5. The first kappa shape index (κ1) is 10.6. The Kier molecular flexibility index (Phi) is 3.71. The number of allylic oxidation sites excluding steroid dienone is 2. The first-order chi connectivity index (χ1) is 5.49. The molecule has 1 rings (SSSR count). The Morgan fingerprint density at radius 2 is 1.75 bits per heavy atom. The third kappa shape index (κ3) is 3.52. The van der Waals surface area contributed by atoms with Crippen molar-refractivity contribution in [2.45, 2.75) is 25.7 Å². The third-order valence-corrected chi connectivity index (χ3v) is 3.62. The van der Waals surface area contributed by atoms with Gasteiger partial charge in [0.1, 0.15) is 0 Å². The van der Waals surface area contributed by atoms with Crippen LogP contribution in [-0.4, -0.2) is 6.00 Å². The molecule has 0 aromatic rings. The quantitative estimate of drug-likeness (QED) is 0.476. The summed E-state index contributed by atoms with van der Waals surface area (Å²) in [5.41, 5.74) is 4.15. The summed E-state index contributed by atoms with van der Waals surface area (Å²) in [5.74, 6) is 0. The van der Waals surface area contributed by atoms with Crippen LogP contribution in [0.15, 0.2) is 23.4 Å². The topological polar surface area (TPSA) is 0 Å². The molecule has 0 unspecified atom stereocenters. The molecule has 0 aromatic heterocycles. The maximum absolute atomic E-state index is 5.78. The zero-order chi connectivity index (χ0) is 9.19. The minimum Gasteiger partial charge on any atom is -0.121 e. The highest BCUT2D eigenvalue weighted by Crippen LogP contribution is 2.32. The maximum atomic E-state index is 5.78. The predicted octanol–water partition coefficient (Wildman–Crippen LogP) is 4.24. The van der Waals surface area contributed by atoms with Crippen LogP contribution < -0.4 is 0 Å². The van der Waals surface area contributed by atoms with E-state index in [1.54, 1.807) is 0 Å². The molecule has 1 aliphatic carbocycles. The Hall–Kier alpha value is 0.567. The van der Waals surface area contributed by atoms with Crippen LogP contribution in [-0.2, 0) is 0 Å². The minimum absolute atomic E-state index is 1.03. The lowest BCUT2D eigenvalue weighted by Crippen LogP contribution is -2.09. The maximum Gasteiger partial charge on any atom is 0.366 e. The summed E-state index contributed by atoms with van der Waals surface area (Å²) in [4.78, 5) is 0. The molecule has 0 aromatic carbocycles. The molecule has 1 saturated carbocycles. The van der Waals surface area contributed by atoms with Crippen LogP contribution >= 0.6 is 33.2 Å². The van der Waals surface area contributed by atoms with Gasteiger partial charge in [-0.2, -0.15) is 0 Å². The van der Waals surface area contributed by atoms with E-state index in [9.17, 15) is 0 Å². The molecule has 0 atom stereocenters. The number of hydrogen-bond donors (Lipinski definition) is 0. The third-order valence-electron chi connectivity index (χ3n) is 1.97. The van der Waals surface area contributed by atoms with Crippen molar-refractivity contribution in [1.29, 1.82) is 0 Å². The zero-order valence-electron chi connectivity index (χ0n) is 6.75. The standard InChI is InChI=1S/C8H11Cl3Si/c1-7-4-2-3-5-8(7)6-12(9,10)11/h6H,1-5H2/b8-6-. The summed E-state index contributed by atoms with van der Waals surface area (Å²) < 4.78 is 0. The normalized spacial score (nSPS) is 23.2. The fourth-order valence-electron chi connectivity index (χ4n) is 1.36. The van der Waals surface area contributed by atoms with E-state index < -0.39 is 6.00 Å². The fraction of sp³-hybridized carbons (Fsp3) is 0.500. The number of rotatable bonds is 1. The molecule has 4 heteroatoms. The second-order valence-electron chi connectivity index (χ2n) is 3.02. The average molecular weight is 242 g/mol. The summed E-state index contributed by atoms with van der Waals surface area (Å²) in [6.07, 6.45) is 4.50. The SMILES string of the molecule is C=C1CCCC/C1=C/[Si](Cl)(Cl)Cl. The molecule has 68 valence electrons. The monoisotopic (exact) mass is 240 g/mol. The molecular formula is C8H11Cl3Si. The second kappa shape index (κ2) is 4.19. The van der Waals surface area contributed by atoms with E-state index in [-0.39, 0.29) is 0 Å². The van der Waals surface area contributed by atoms with Crippen molar-refractivity contribution in [3.8, 4) is 0 Å². The molecule has 0 amide bonds. The Balaban J connectivity index is 2.72. The van der Waals surface area contributed by atoms with Gasteiger partial charge in [0, 0.05) is 0 Å². The van der Waals surface area contributed by atoms with E-state index in [0.29, 0.717) is 0 Å². The predicted molar refractivity (Wildman–Crippen MR) is 59.0 cm³/mol. The largest absolute Gasteiger partial charge is 0.366 e. The highest BCUT2D eigenvalue weighted by molar-refractivity contribution is 7.66. The lowest BCUT2D eigenvalue weighted by molar-refractivity contribution is 0.682. The van der Waals surface area contributed by atoms with Gasteiger partial charge in [-0.25, -0.2) is 0 Å². The Labute approximate surface area is 88.3 Å². The minimum atomic E-state index is -2.59. The van der Waals surface area contributed by atoms with Crippen LogP contribution in [0.1, 0.15) is 25.7 Å². The molecular weight excluding hydrogens is 231 g/mol. The molecule has 0 nitrogen and oxygen atoms in total. The summed E-state index contributed by atoms with van der Waals surface area (Å²) >= 11 is 17.4. The highest BCUT2D eigenvalue weighted by atomic mass is 35.8. The summed E-state index contributed by atoms with van der Waals surface area (Å²) in [7, 11) is 0. The summed E-state index contributed by atoms with van der Waals surface area (Å²) in [6.45, 7) is 3.96. The Morgan fingerprint density at radius 1 is 1.17 bits per heavy atom. The van der Waals surface area contributed by atoms with Gasteiger partial charge >= 0.3 is 6.00 Å². The van der Waals surface area contributed by atoms with Crippen molar-refractivity contribution in [1.82, 2.24) is 0 Å². The van der Waals surface area contributed by atoms with Crippen molar-refractivity contribution < 1.29 is 0 Å². The van der Waals surface area contributed by atoms with Gasteiger partial charge in [0.25, 0.3) is 0 Å².